The zero-order valence-electron chi connectivity index (χ0n) is 15.8. The zero-order chi connectivity index (χ0) is 20.5. The number of nitrogens with zero attached hydrogens (tertiary/aromatic N) is 8. The molecule has 0 unspecified atom stereocenters. The number of anilines is 1. The lowest BCUT2D eigenvalue weighted by molar-refractivity contribution is 0.102. The maximum absolute atomic E-state index is 12.8. The Morgan fingerprint density at radius 3 is 3.03 bits per heavy atom. The molecule has 0 spiro atoms. The number of aryl methyl sites for hydroxylation is 1. The van der Waals surface area contributed by atoms with Gasteiger partial charge in [0.05, 0.1) is 6.20 Å². The van der Waals surface area contributed by atoms with Crippen LogP contribution in [0.25, 0.3) is 17.0 Å². The molecule has 11 nitrogen and oxygen atoms in total. The molecule has 0 saturated carbocycles. The molecule has 1 amide bonds. The molecule has 1 aromatic carbocycles. The molecule has 30 heavy (non-hydrogen) atoms. The van der Waals surface area contributed by atoms with Crippen molar-refractivity contribution in [2.75, 3.05) is 5.32 Å². The number of imidazole rings is 1. The van der Waals surface area contributed by atoms with Crippen molar-refractivity contribution in [2.45, 2.75) is 13.5 Å². The van der Waals surface area contributed by atoms with E-state index in [1.54, 1.807) is 16.8 Å². The van der Waals surface area contributed by atoms with E-state index < -0.39 is 0 Å². The number of fused-ring (bicyclic) bond motifs is 1. The molecule has 0 aliphatic carbocycles. The van der Waals surface area contributed by atoms with E-state index in [0.717, 1.165) is 5.56 Å². The van der Waals surface area contributed by atoms with Crippen LogP contribution in [0.15, 0.2) is 59.6 Å². The summed E-state index contributed by atoms with van der Waals surface area (Å²) in [6, 6.07) is 11.1. The predicted molar refractivity (Wildman–Crippen MR) is 105 cm³/mol. The molecule has 4 aromatic heterocycles. The number of carbonyl (C=O) groups is 1. The number of hydrogen-bond acceptors (Lipinski definition) is 8. The van der Waals surface area contributed by atoms with E-state index >= 15 is 0 Å². The van der Waals surface area contributed by atoms with E-state index in [2.05, 4.69) is 36.0 Å². The molecule has 1 N–H and O–H groups in total. The fourth-order valence-corrected chi connectivity index (χ4v) is 3.01. The average Bonchev–Trinajstić information content (AvgIpc) is 3.50. The molecule has 0 aliphatic heterocycles. The van der Waals surface area contributed by atoms with Gasteiger partial charge in [0, 0.05) is 17.4 Å². The van der Waals surface area contributed by atoms with Crippen LogP contribution in [0.5, 0.6) is 0 Å². The van der Waals surface area contributed by atoms with E-state index in [9.17, 15) is 4.79 Å². The first-order valence-electron chi connectivity index (χ1n) is 9.05. The van der Waals surface area contributed by atoms with Gasteiger partial charge in [0.2, 0.25) is 11.7 Å². The molecule has 0 bridgehead atoms. The SMILES string of the molecule is Cc1ccc(-c2noc(Cn3cnnn3)n2)cc1NC(=O)c1cnc2ccccn12. The fraction of sp³-hybridized carbons (Fsp3) is 0.105. The van der Waals surface area contributed by atoms with Crippen molar-refractivity contribution < 1.29 is 9.32 Å². The van der Waals surface area contributed by atoms with Crippen molar-refractivity contribution in [3.05, 3.63) is 72.3 Å². The van der Waals surface area contributed by atoms with Crippen molar-refractivity contribution in [3.63, 3.8) is 0 Å². The number of amides is 1. The van der Waals surface area contributed by atoms with Crippen LogP contribution in [0.2, 0.25) is 0 Å². The second-order valence-corrected chi connectivity index (χ2v) is 6.58. The molecular formula is C19H15N9O2. The lowest BCUT2D eigenvalue weighted by atomic mass is 10.1. The van der Waals surface area contributed by atoms with E-state index in [4.69, 9.17) is 4.52 Å². The smallest absolute Gasteiger partial charge is 0.274 e. The Morgan fingerprint density at radius 1 is 1.23 bits per heavy atom. The van der Waals surface area contributed by atoms with Crippen molar-refractivity contribution in [3.8, 4) is 11.4 Å². The average molecular weight is 401 g/mol. The highest BCUT2D eigenvalue weighted by Crippen LogP contribution is 2.24. The predicted octanol–water partition coefficient (Wildman–Crippen LogP) is 1.98. The number of benzene rings is 1. The first-order chi connectivity index (χ1) is 14.7. The highest BCUT2D eigenvalue weighted by Gasteiger charge is 2.15. The topological polar surface area (TPSA) is 129 Å². The summed E-state index contributed by atoms with van der Waals surface area (Å²) in [7, 11) is 0. The van der Waals surface area contributed by atoms with Gasteiger partial charge in [0.25, 0.3) is 5.91 Å². The van der Waals surface area contributed by atoms with Gasteiger partial charge in [-0.3, -0.25) is 9.20 Å². The Labute approximate surface area is 169 Å². The standard InChI is InChI=1S/C19H15N9O2/c1-12-5-6-13(18-23-17(30-24-18)10-27-11-21-25-26-27)8-14(12)22-19(29)15-9-20-16-4-2-3-7-28(15)16/h2-9,11H,10H2,1H3,(H,22,29). The second-order valence-electron chi connectivity index (χ2n) is 6.58. The molecule has 5 aromatic rings. The Hall–Kier alpha value is -4.41. The molecule has 0 fully saturated rings. The van der Waals surface area contributed by atoms with E-state index in [1.165, 1.54) is 11.0 Å². The third-order valence-corrected chi connectivity index (χ3v) is 4.55. The van der Waals surface area contributed by atoms with Crippen LogP contribution < -0.4 is 5.32 Å². The van der Waals surface area contributed by atoms with Gasteiger partial charge >= 0.3 is 0 Å². The van der Waals surface area contributed by atoms with Gasteiger partial charge in [-0.25, -0.2) is 9.67 Å². The van der Waals surface area contributed by atoms with Crippen LogP contribution >= 0.6 is 0 Å². The van der Waals surface area contributed by atoms with Gasteiger partial charge in [0.15, 0.2) is 0 Å². The van der Waals surface area contributed by atoms with Gasteiger partial charge in [0.1, 0.15) is 24.2 Å². The largest absolute Gasteiger partial charge is 0.337 e. The molecule has 0 aliphatic rings. The molecule has 0 radical (unpaired) electrons. The van der Waals surface area contributed by atoms with E-state index in [-0.39, 0.29) is 12.5 Å². The van der Waals surface area contributed by atoms with Gasteiger partial charge in [-0.2, -0.15) is 4.98 Å². The number of aromatic nitrogens is 8. The summed E-state index contributed by atoms with van der Waals surface area (Å²) >= 11 is 0. The van der Waals surface area contributed by atoms with Crippen LogP contribution in [0, 0.1) is 6.92 Å². The van der Waals surface area contributed by atoms with Gasteiger partial charge < -0.3 is 9.84 Å². The molecule has 148 valence electrons. The number of rotatable bonds is 5. The van der Waals surface area contributed by atoms with Crippen LogP contribution in [-0.4, -0.2) is 45.6 Å². The number of pyridine rings is 1. The lowest BCUT2D eigenvalue weighted by Crippen LogP contribution is -2.15. The highest BCUT2D eigenvalue weighted by atomic mass is 16.5. The maximum atomic E-state index is 12.8. The Bertz CT molecular complexity index is 1340. The van der Waals surface area contributed by atoms with Crippen LogP contribution in [-0.2, 0) is 6.54 Å². The summed E-state index contributed by atoms with van der Waals surface area (Å²) in [6.45, 7) is 2.18. The molecule has 0 atom stereocenters. The number of tetrazole rings is 1. The minimum absolute atomic E-state index is 0.263. The van der Waals surface area contributed by atoms with Crippen molar-refractivity contribution >= 4 is 17.2 Å². The quantitative estimate of drug-likeness (QED) is 0.473. The minimum atomic E-state index is -0.263. The number of hydrogen-bond donors (Lipinski definition) is 1. The summed E-state index contributed by atoms with van der Waals surface area (Å²) in [5.74, 6) is 0.513. The summed E-state index contributed by atoms with van der Waals surface area (Å²) in [5.41, 5.74) is 3.41. The van der Waals surface area contributed by atoms with Crippen molar-refractivity contribution in [1.82, 2.24) is 39.7 Å². The zero-order valence-corrected chi connectivity index (χ0v) is 15.8. The highest BCUT2D eigenvalue weighted by molar-refractivity contribution is 6.04. The molecule has 0 saturated heterocycles. The first kappa shape index (κ1) is 17.7. The van der Waals surface area contributed by atoms with Crippen LogP contribution in [0.4, 0.5) is 5.69 Å². The van der Waals surface area contributed by atoms with Crippen molar-refractivity contribution in [1.29, 1.82) is 0 Å². The van der Waals surface area contributed by atoms with Crippen LogP contribution in [0.3, 0.4) is 0 Å². The summed E-state index contributed by atoms with van der Waals surface area (Å²) in [5, 5.41) is 17.9. The third-order valence-electron chi connectivity index (χ3n) is 4.55. The maximum Gasteiger partial charge on any atom is 0.274 e. The number of carbonyl (C=O) groups excluding carboxylic acids is 1. The molecule has 5 rings (SSSR count). The minimum Gasteiger partial charge on any atom is -0.337 e. The summed E-state index contributed by atoms with van der Waals surface area (Å²) in [6.07, 6.45) is 4.81. The summed E-state index contributed by atoms with van der Waals surface area (Å²) in [4.78, 5) is 21.5. The normalized spacial score (nSPS) is 11.1. The molecular weight excluding hydrogens is 386 g/mol. The summed E-state index contributed by atoms with van der Waals surface area (Å²) < 4.78 is 8.49. The monoisotopic (exact) mass is 401 g/mol. The molecule has 4 heterocycles. The first-order valence-corrected chi connectivity index (χ1v) is 9.05. The third kappa shape index (κ3) is 3.28. The Morgan fingerprint density at radius 2 is 2.17 bits per heavy atom. The van der Waals surface area contributed by atoms with Crippen LogP contribution in [0.1, 0.15) is 21.9 Å². The fourth-order valence-electron chi connectivity index (χ4n) is 3.01. The second kappa shape index (κ2) is 7.20. The van der Waals surface area contributed by atoms with E-state index in [1.807, 2.05) is 43.3 Å². The van der Waals surface area contributed by atoms with Gasteiger partial charge in [-0.05, 0) is 41.1 Å². The van der Waals surface area contributed by atoms with Crippen molar-refractivity contribution in [2.24, 2.45) is 0 Å². The van der Waals surface area contributed by atoms with Gasteiger partial charge in [-0.1, -0.05) is 23.4 Å². The Kier molecular flexibility index (Phi) is 4.24. The Balaban J connectivity index is 1.40. The molecule has 11 heteroatoms. The van der Waals surface area contributed by atoms with Gasteiger partial charge in [-0.15, -0.1) is 5.10 Å². The number of nitrogens with one attached hydrogen (secondary N) is 1. The van der Waals surface area contributed by atoms with E-state index in [0.29, 0.717) is 34.3 Å². The lowest BCUT2D eigenvalue weighted by Gasteiger charge is -2.09.